The summed E-state index contributed by atoms with van der Waals surface area (Å²) in [6.45, 7) is 0. The summed E-state index contributed by atoms with van der Waals surface area (Å²) in [6.07, 6.45) is 13.4. The van der Waals surface area contributed by atoms with Crippen molar-refractivity contribution in [3.63, 3.8) is 0 Å². The van der Waals surface area contributed by atoms with Crippen LogP contribution in [0.4, 0.5) is 0 Å². The van der Waals surface area contributed by atoms with Crippen LogP contribution in [0.3, 0.4) is 0 Å². The van der Waals surface area contributed by atoms with Crippen molar-refractivity contribution < 1.29 is 24.7 Å². The second-order valence-corrected chi connectivity index (χ2v) is 8.71. The van der Waals surface area contributed by atoms with Gasteiger partial charge < -0.3 is 0 Å². The zero-order chi connectivity index (χ0) is 15.6. The van der Waals surface area contributed by atoms with Crippen LogP contribution in [0.15, 0.2) is 60.7 Å². The minimum atomic E-state index is 0.639. The molecule has 3 atom stereocenters. The van der Waals surface area contributed by atoms with Gasteiger partial charge in [-0.15, -0.1) is 0 Å². The first-order chi connectivity index (χ1) is 11.3. The maximum atomic E-state index is 2.41. The average molecular weight is 377 g/mol. The molecule has 0 nitrogen and oxygen atoms in total. The minimum absolute atomic E-state index is 0.639. The molecule has 2 aliphatic rings. The van der Waals surface area contributed by atoms with Crippen molar-refractivity contribution in [3.8, 4) is 0 Å². The number of hydrogen-bond acceptors (Lipinski definition) is 0. The first kappa shape index (κ1) is 15.3. The van der Waals surface area contributed by atoms with E-state index in [0.29, 0.717) is 11.8 Å². The van der Waals surface area contributed by atoms with E-state index in [4.69, 9.17) is 0 Å². The van der Waals surface area contributed by atoms with Gasteiger partial charge in [-0.25, -0.2) is 0 Å². The third-order valence-electron chi connectivity index (χ3n) is 5.17. The van der Waals surface area contributed by atoms with Gasteiger partial charge in [0.25, 0.3) is 0 Å². The molecule has 3 unspecified atom stereocenters. The fourth-order valence-corrected chi connectivity index (χ4v) is 4.94. The molecule has 113 valence electrons. The van der Waals surface area contributed by atoms with Crippen LogP contribution in [0.2, 0.25) is 3.63 Å². The van der Waals surface area contributed by atoms with Gasteiger partial charge in [-0.1, -0.05) is 0 Å². The number of hydrogen-bond donors (Lipinski definition) is 0. The van der Waals surface area contributed by atoms with Crippen molar-refractivity contribution >= 4 is 12.2 Å². The van der Waals surface area contributed by atoms with Gasteiger partial charge >= 0.3 is 155 Å². The van der Waals surface area contributed by atoms with E-state index in [1.54, 1.807) is 24.7 Å². The molecule has 0 aromatic heterocycles. The van der Waals surface area contributed by atoms with Crippen molar-refractivity contribution in [3.05, 3.63) is 82.9 Å². The van der Waals surface area contributed by atoms with Crippen LogP contribution in [0.1, 0.15) is 53.4 Å². The average Bonchev–Trinajstić information content (AvgIpc) is 3.18. The Labute approximate surface area is 154 Å². The fourth-order valence-electron chi connectivity index (χ4n) is 3.91. The summed E-state index contributed by atoms with van der Waals surface area (Å²) in [5.41, 5.74) is 5.91. The molecule has 2 aromatic carbocycles. The second-order valence-electron chi connectivity index (χ2n) is 6.70. The summed E-state index contributed by atoms with van der Waals surface area (Å²) < 4.78 is 0.851. The Morgan fingerprint density at radius 3 is 2.04 bits per heavy atom. The van der Waals surface area contributed by atoms with Crippen molar-refractivity contribution in [2.24, 2.45) is 0 Å². The van der Waals surface area contributed by atoms with E-state index >= 15 is 0 Å². The van der Waals surface area contributed by atoms with Crippen molar-refractivity contribution in [2.75, 3.05) is 0 Å². The van der Waals surface area contributed by atoms with E-state index in [0.717, 1.165) is 3.63 Å². The number of benzene rings is 2. The Morgan fingerprint density at radius 1 is 0.783 bits per heavy atom. The Morgan fingerprint density at radius 2 is 1.35 bits per heavy atom. The van der Waals surface area contributed by atoms with Crippen LogP contribution in [-0.4, -0.2) is 0 Å². The van der Waals surface area contributed by atoms with Crippen LogP contribution < -0.4 is 0 Å². The van der Waals surface area contributed by atoms with Gasteiger partial charge in [-0.05, 0) is 0 Å². The Balaban J connectivity index is 1.35. The van der Waals surface area contributed by atoms with Crippen LogP contribution in [0, 0.1) is 0 Å². The van der Waals surface area contributed by atoms with Crippen LogP contribution in [-0.2, 0) is 24.7 Å². The second kappa shape index (κ2) is 6.74. The predicted molar refractivity (Wildman–Crippen MR) is 94.0 cm³/mol. The quantitative estimate of drug-likeness (QED) is 0.590. The van der Waals surface area contributed by atoms with Gasteiger partial charge in [0.2, 0.25) is 0 Å². The molecule has 0 fully saturated rings. The molecule has 0 radical (unpaired) electrons. The summed E-state index contributed by atoms with van der Waals surface area (Å²) in [4.78, 5) is 0. The van der Waals surface area contributed by atoms with Crippen molar-refractivity contribution in [1.82, 2.24) is 0 Å². The molecule has 0 spiro atoms. The van der Waals surface area contributed by atoms with E-state index in [1.165, 1.54) is 41.5 Å². The molecule has 0 N–H and O–H groups in total. The summed E-state index contributed by atoms with van der Waals surface area (Å²) in [5, 5.41) is 0. The summed E-state index contributed by atoms with van der Waals surface area (Å²) in [7, 11) is 0. The molecule has 0 saturated carbocycles. The van der Waals surface area contributed by atoms with Crippen LogP contribution in [0.5, 0.6) is 0 Å². The number of rotatable bonds is 5. The van der Waals surface area contributed by atoms with Crippen LogP contribution in [0.25, 0.3) is 12.2 Å². The molecule has 2 aromatic rings. The zero-order valence-electron chi connectivity index (χ0n) is 13.3. The maximum absolute atomic E-state index is 2.41. The van der Waals surface area contributed by atoms with E-state index in [1.807, 2.05) is 0 Å². The van der Waals surface area contributed by atoms with E-state index in [9.17, 15) is 0 Å². The van der Waals surface area contributed by atoms with Gasteiger partial charge in [0.05, 0.1) is 0 Å². The third kappa shape index (κ3) is 3.22. The van der Waals surface area contributed by atoms with E-state index in [2.05, 4.69) is 72.8 Å². The summed E-state index contributed by atoms with van der Waals surface area (Å²) in [6, 6.07) is 17.7. The normalized spacial score (nSPS) is 22.0. The Kier molecular flexibility index (Phi) is 4.49. The molecule has 1 heteroatoms. The fraction of sp³-hybridized carbons (Fsp3) is 0.273. The molecule has 0 heterocycles. The molecule has 4 rings (SSSR count). The molecule has 2 aliphatic carbocycles. The molecule has 0 amide bonds. The van der Waals surface area contributed by atoms with Crippen LogP contribution >= 0.6 is 0 Å². The third-order valence-corrected chi connectivity index (χ3v) is 6.46. The molecule has 0 aliphatic heterocycles. The predicted octanol–water partition coefficient (Wildman–Crippen LogP) is 6.11. The molecule has 23 heavy (non-hydrogen) atoms. The van der Waals surface area contributed by atoms with Crippen molar-refractivity contribution in [1.29, 1.82) is 0 Å². The van der Waals surface area contributed by atoms with Gasteiger partial charge in [0.1, 0.15) is 0 Å². The monoisotopic (exact) mass is 375 g/mol. The standard InChI is InChI=1S/C22H21.Zr/c1(7-17-13-15-19-9-3-5-11-21(17)19)2-8-18-14-16-20-10-4-6-12-22(18)20;/h1,3-6,9-18H,2,7-8H2;. The van der Waals surface area contributed by atoms with Gasteiger partial charge in [0.15, 0.2) is 0 Å². The first-order valence-corrected chi connectivity index (χ1v) is 9.98. The molecule has 0 saturated heterocycles. The summed E-state index contributed by atoms with van der Waals surface area (Å²) in [5.74, 6) is 1.28. The Bertz CT molecular complexity index is 756. The number of fused-ring (bicyclic) bond motifs is 2. The molecular weight excluding hydrogens is 355 g/mol. The Hall–Kier alpha value is -1.20. The van der Waals surface area contributed by atoms with Gasteiger partial charge in [0, 0.05) is 0 Å². The topological polar surface area (TPSA) is 0 Å². The summed E-state index contributed by atoms with van der Waals surface area (Å²) >= 11 is 1.69. The van der Waals surface area contributed by atoms with Gasteiger partial charge in [-0.2, -0.15) is 0 Å². The zero-order valence-corrected chi connectivity index (χ0v) is 15.7. The molecular formula is C22H21Zr. The SMILES string of the molecule is [Zr][CH](CCC1C=Cc2ccccc21)CC1C=Cc2ccccc21. The van der Waals surface area contributed by atoms with E-state index < -0.39 is 0 Å². The van der Waals surface area contributed by atoms with E-state index in [-0.39, 0.29) is 0 Å². The molecule has 0 bridgehead atoms. The first-order valence-electron chi connectivity index (χ1n) is 8.56. The van der Waals surface area contributed by atoms with Crippen molar-refractivity contribution in [2.45, 2.75) is 34.7 Å². The number of allylic oxidation sites excluding steroid dienone is 2. The van der Waals surface area contributed by atoms with Gasteiger partial charge in [-0.3, -0.25) is 0 Å².